The predicted octanol–water partition coefficient (Wildman–Crippen LogP) is 4.39. The summed E-state index contributed by atoms with van der Waals surface area (Å²) >= 11 is 2.29. The minimum atomic E-state index is 0.0798. The van der Waals surface area contributed by atoms with Crippen LogP contribution < -0.4 is 4.74 Å². The molecule has 0 unspecified atom stereocenters. The van der Waals surface area contributed by atoms with E-state index in [1.807, 2.05) is 42.3 Å². The van der Waals surface area contributed by atoms with Crippen molar-refractivity contribution in [1.29, 1.82) is 0 Å². The molecular weight excluding hydrogens is 501 g/mol. The molecule has 29 heavy (non-hydrogen) atoms. The average molecular weight is 519 g/mol. The van der Waals surface area contributed by atoms with Crippen molar-refractivity contribution in [2.45, 2.75) is 6.54 Å². The maximum Gasteiger partial charge on any atom is 0.153 e. The van der Waals surface area contributed by atoms with Crippen LogP contribution >= 0.6 is 30.3 Å². The van der Waals surface area contributed by atoms with Crippen molar-refractivity contribution >= 4 is 63.2 Å². The maximum absolute atomic E-state index is 9.52. The second-order valence-electron chi connectivity index (χ2n) is 6.80. The minimum Gasteiger partial charge on any atom is -0.497 e. The van der Waals surface area contributed by atoms with Crippen LogP contribution in [0.25, 0.3) is 44.1 Å². The van der Waals surface area contributed by atoms with Gasteiger partial charge in [-0.2, -0.15) is 5.10 Å². The molecule has 148 valence electrons. The first-order valence-corrected chi connectivity index (χ1v) is 12.4. The molecule has 4 heterocycles. The van der Waals surface area contributed by atoms with Gasteiger partial charge in [0.25, 0.3) is 0 Å². The van der Waals surface area contributed by atoms with Crippen molar-refractivity contribution in [1.82, 2.24) is 23.3 Å². The fraction of sp³-hybridized carbons (Fsp3) is 0.200. The van der Waals surface area contributed by atoms with Crippen LogP contribution in [-0.4, -0.2) is 42.1 Å². The molecule has 7 nitrogen and oxygen atoms in total. The summed E-state index contributed by atoms with van der Waals surface area (Å²) in [7, 11) is 5.21. The summed E-state index contributed by atoms with van der Waals surface area (Å²) in [5.74, 6) is 0.803. The van der Waals surface area contributed by atoms with Gasteiger partial charge < -0.3 is 14.4 Å². The van der Waals surface area contributed by atoms with E-state index in [-0.39, 0.29) is 6.61 Å². The summed E-state index contributed by atoms with van der Waals surface area (Å²) in [6.45, 7) is 0.612. The van der Waals surface area contributed by atoms with Gasteiger partial charge in [-0.3, -0.25) is 8.65 Å². The van der Waals surface area contributed by atoms with Crippen molar-refractivity contribution in [2.75, 3.05) is 13.7 Å². The summed E-state index contributed by atoms with van der Waals surface area (Å²) in [5.41, 5.74) is 5.16. The number of rotatable bonds is 5. The molecule has 0 atom stereocenters. The number of fused-ring (bicyclic) bond motifs is 4. The quantitative estimate of drug-likeness (QED) is 0.349. The number of aryl methyl sites for hydroxylation is 1. The normalized spacial score (nSPS) is 11.9. The van der Waals surface area contributed by atoms with Crippen molar-refractivity contribution in [3.05, 3.63) is 42.9 Å². The molecule has 0 saturated carbocycles. The highest BCUT2D eigenvalue weighted by Gasteiger charge is 2.20. The molecule has 5 rings (SSSR count). The summed E-state index contributed by atoms with van der Waals surface area (Å²) in [6.07, 6.45) is 5.81. The first-order valence-electron chi connectivity index (χ1n) is 9.05. The van der Waals surface area contributed by atoms with E-state index in [9.17, 15) is 5.11 Å². The number of ether oxygens (including phenoxy) is 1. The fourth-order valence-electron chi connectivity index (χ4n) is 3.95. The van der Waals surface area contributed by atoms with E-state index in [4.69, 9.17) is 9.72 Å². The molecule has 1 aromatic carbocycles. The third kappa shape index (κ3) is 2.82. The number of aliphatic hydroxyl groups is 1. The molecule has 1 N–H and O–H groups in total. The smallest absolute Gasteiger partial charge is 0.153 e. The molecule has 0 aliphatic carbocycles. The van der Waals surface area contributed by atoms with Gasteiger partial charge in [-0.1, -0.05) is 0 Å². The zero-order chi connectivity index (χ0) is 20.1. The molecule has 0 amide bonds. The highest BCUT2D eigenvalue weighted by atomic mass is 127. The van der Waals surface area contributed by atoms with Gasteiger partial charge in [0.15, 0.2) is 5.65 Å². The van der Waals surface area contributed by atoms with Gasteiger partial charge in [0, 0.05) is 83.5 Å². The molecular formula is C20H18IN5O2S. The van der Waals surface area contributed by atoms with E-state index < -0.39 is 0 Å². The number of hydrogen-bond donors (Lipinski definition) is 1. The van der Waals surface area contributed by atoms with Crippen molar-refractivity contribution in [3.63, 3.8) is 0 Å². The molecule has 0 bridgehead atoms. The summed E-state index contributed by atoms with van der Waals surface area (Å²) in [4.78, 5) is 4.71. The summed E-state index contributed by atoms with van der Waals surface area (Å²) in [6, 6.07) is 8.21. The molecule has 0 aliphatic heterocycles. The van der Waals surface area contributed by atoms with Crippen LogP contribution in [0.1, 0.15) is 0 Å². The lowest BCUT2D eigenvalue weighted by Gasteiger charge is -2.05. The largest absolute Gasteiger partial charge is 0.497 e. The molecule has 0 fully saturated rings. The van der Waals surface area contributed by atoms with Crippen molar-refractivity contribution in [3.8, 4) is 17.0 Å². The zero-order valence-electron chi connectivity index (χ0n) is 15.8. The Labute approximate surface area is 183 Å². The molecule has 5 aromatic rings. The lowest BCUT2D eigenvalue weighted by Crippen LogP contribution is -1.99. The fourth-order valence-corrected chi connectivity index (χ4v) is 5.58. The number of nitrogens with zero attached hydrogens (tertiary/aromatic N) is 5. The van der Waals surface area contributed by atoms with Crippen LogP contribution in [0, 0.1) is 0 Å². The molecule has 4 aromatic heterocycles. The van der Waals surface area contributed by atoms with E-state index in [1.54, 1.807) is 16.2 Å². The SMILES string of the molecule is COc1ccc2c(c1)c(-c1cc3c4c(cnc3n1SI)cnn4C)cn2CCO. The second-order valence-corrected chi connectivity index (χ2v) is 8.49. The van der Waals surface area contributed by atoms with Crippen LogP contribution in [0.2, 0.25) is 0 Å². The Balaban J connectivity index is 1.86. The Morgan fingerprint density at radius 1 is 1.21 bits per heavy atom. The van der Waals surface area contributed by atoms with Crippen LogP contribution in [0.3, 0.4) is 0 Å². The monoisotopic (exact) mass is 519 g/mol. The molecule has 9 heteroatoms. The van der Waals surface area contributed by atoms with E-state index in [2.05, 4.69) is 47.1 Å². The standard InChI is InChI=1S/C20H18IN5O2S/c1-24-19-12(10-23-24)9-22-20-15(19)8-18(26(20)29-21)16-11-25(5-6-27)17-4-3-13(28-2)7-14(16)17/h3-4,7-11,27H,5-6H2,1-2H3. The van der Waals surface area contributed by atoms with Gasteiger partial charge in [-0.05, 0) is 24.3 Å². The van der Waals surface area contributed by atoms with Crippen LogP contribution in [-0.2, 0) is 13.6 Å². The zero-order valence-corrected chi connectivity index (χ0v) is 18.8. The summed E-state index contributed by atoms with van der Waals surface area (Å²) < 4.78 is 11.6. The Bertz CT molecular complexity index is 1370. The lowest BCUT2D eigenvalue weighted by atomic mass is 10.1. The Hall–Kier alpha value is -2.24. The lowest BCUT2D eigenvalue weighted by molar-refractivity contribution is 0.278. The number of aliphatic hydroxyl groups excluding tert-OH is 1. The first-order chi connectivity index (χ1) is 14.2. The van der Waals surface area contributed by atoms with E-state index in [1.165, 1.54) is 0 Å². The average Bonchev–Trinajstić information content (AvgIpc) is 3.40. The van der Waals surface area contributed by atoms with Crippen LogP contribution in [0.5, 0.6) is 5.75 Å². The summed E-state index contributed by atoms with van der Waals surface area (Å²) in [5, 5.41) is 17.1. The third-order valence-electron chi connectivity index (χ3n) is 5.26. The van der Waals surface area contributed by atoms with Gasteiger partial charge in [0.05, 0.1) is 31.1 Å². The maximum atomic E-state index is 9.52. The minimum absolute atomic E-state index is 0.0798. The number of methoxy groups -OCH3 is 1. The number of pyridine rings is 1. The molecule has 0 radical (unpaired) electrons. The third-order valence-corrected chi connectivity index (χ3v) is 6.94. The number of hydrogen-bond acceptors (Lipinski definition) is 5. The van der Waals surface area contributed by atoms with Gasteiger partial charge in [0.2, 0.25) is 0 Å². The van der Waals surface area contributed by atoms with Gasteiger partial charge in [0.1, 0.15) is 5.75 Å². The number of benzene rings is 1. The number of aromatic nitrogens is 5. The van der Waals surface area contributed by atoms with E-state index >= 15 is 0 Å². The first kappa shape index (κ1) is 18.8. The predicted molar refractivity (Wildman–Crippen MR) is 126 cm³/mol. The second kappa shape index (κ2) is 7.22. The molecule has 0 spiro atoms. The molecule has 0 aliphatic rings. The highest BCUT2D eigenvalue weighted by Crippen LogP contribution is 2.40. The Kier molecular flexibility index (Phi) is 4.67. The van der Waals surface area contributed by atoms with Gasteiger partial charge in [-0.15, -0.1) is 0 Å². The van der Waals surface area contributed by atoms with E-state index in [0.29, 0.717) is 6.54 Å². The van der Waals surface area contributed by atoms with Gasteiger partial charge >= 0.3 is 0 Å². The van der Waals surface area contributed by atoms with Crippen LogP contribution in [0.4, 0.5) is 0 Å². The number of halogens is 1. The Morgan fingerprint density at radius 2 is 2.07 bits per heavy atom. The van der Waals surface area contributed by atoms with E-state index in [0.717, 1.165) is 49.8 Å². The topological polar surface area (TPSA) is 70.0 Å². The van der Waals surface area contributed by atoms with Gasteiger partial charge in [-0.25, -0.2) is 4.98 Å². The molecule has 0 saturated heterocycles. The van der Waals surface area contributed by atoms with Crippen molar-refractivity contribution in [2.24, 2.45) is 7.05 Å². The highest BCUT2D eigenvalue weighted by molar-refractivity contribution is 14.2. The Morgan fingerprint density at radius 3 is 2.83 bits per heavy atom. The van der Waals surface area contributed by atoms with Crippen LogP contribution in [0.15, 0.2) is 42.9 Å². The van der Waals surface area contributed by atoms with Crippen molar-refractivity contribution < 1.29 is 9.84 Å².